The van der Waals surface area contributed by atoms with Gasteiger partial charge in [-0.15, -0.1) is 0 Å². The van der Waals surface area contributed by atoms with Gasteiger partial charge in [0.05, 0.1) is 12.6 Å². The molecule has 0 aliphatic carbocycles. The first kappa shape index (κ1) is 33.2. The Morgan fingerprint density at radius 1 is 0.528 bits per heavy atom. The molecule has 1 aromatic rings. The average Bonchev–Trinajstić information content (AvgIpc) is 3.28. The van der Waals surface area contributed by atoms with E-state index in [1.165, 1.54) is 167 Å². The number of aromatic nitrogens is 2. The van der Waals surface area contributed by atoms with Crippen LogP contribution in [-0.2, 0) is 13.0 Å². The number of imidazole rings is 1. The molecule has 0 aliphatic rings. The first-order valence-electron chi connectivity index (χ1n) is 16.8. The maximum Gasteiger partial charge on any atom is 0.256 e. The van der Waals surface area contributed by atoms with Gasteiger partial charge < -0.3 is 0 Å². The zero-order valence-electron chi connectivity index (χ0n) is 25.5. The highest BCUT2D eigenvalue weighted by Gasteiger charge is 2.18. The average molecular weight is 504 g/mol. The zero-order valence-corrected chi connectivity index (χ0v) is 25.5. The highest BCUT2D eigenvalue weighted by atomic mass is 15.2. The molecule has 0 N–H and O–H groups in total. The minimum absolute atomic E-state index is 0.570. The molecule has 0 saturated carbocycles. The molecule has 0 unspecified atom stereocenters. The molecule has 36 heavy (non-hydrogen) atoms. The molecule has 0 radical (unpaired) electrons. The Morgan fingerprint density at radius 2 is 0.889 bits per heavy atom. The lowest BCUT2D eigenvalue weighted by atomic mass is 10.0. The molecule has 1 aromatic heterocycles. The summed E-state index contributed by atoms with van der Waals surface area (Å²) in [6.45, 7) is 10.5. The van der Waals surface area contributed by atoms with Gasteiger partial charge in [-0.3, -0.25) is 0 Å². The van der Waals surface area contributed by atoms with Gasteiger partial charge in [0, 0.05) is 6.42 Å². The van der Waals surface area contributed by atoms with Crippen molar-refractivity contribution >= 4 is 0 Å². The van der Waals surface area contributed by atoms with Crippen LogP contribution in [0.2, 0.25) is 0 Å². The molecule has 212 valence electrons. The van der Waals surface area contributed by atoms with Crippen LogP contribution in [0.15, 0.2) is 12.4 Å². The Bertz CT molecular complexity index is 574. The Hall–Kier alpha value is -0.790. The number of nitrogens with zero attached hydrogens (tertiary/aromatic N) is 2. The maximum atomic E-state index is 2.57. The Labute approximate surface area is 228 Å². The Morgan fingerprint density at radius 3 is 1.28 bits per heavy atom. The van der Waals surface area contributed by atoms with Gasteiger partial charge in [-0.2, -0.15) is 0 Å². The largest absolute Gasteiger partial charge is 0.256 e. The Balaban J connectivity index is 2.08. The zero-order chi connectivity index (χ0) is 26.1. The van der Waals surface area contributed by atoms with Crippen molar-refractivity contribution in [2.24, 2.45) is 0 Å². The molecule has 0 atom stereocenters. The fourth-order valence-electron chi connectivity index (χ4n) is 5.67. The molecule has 2 heteroatoms. The van der Waals surface area contributed by atoms with Gasteiger partial charge in [0.25, 0.3) is 5.82 Å². The molecule has 0 bridgehead atoms. The van der Waals surface area contributed by atoms with E-state index in [9.17, 15) is 0 Å². The molecule has 0 aliphatic heterocycles. The molecule has 0 aromatic carbocycles. The third-order valence-electron chi connectivity index (χ3n) is 8.10. The summed E-state index contributed by atoms with van der Waals surface area (Å²) in [7, 11) is 0. The van der Waals surface area contributed by atoms with Crippen molar-refractivity contribution in [1.82, 2.24) is 4.57 Å². The van der Waals surface area contributed by atoms with Crippen molar-refractivity contribution < 1.29 is 4.57 Å². The van der Waals surface area contributed by atoms with Crippen LogP contribution in [0.3, 0.4) is 0 Å². The first-order valence-corrected chi connectivity index (χ1v) is 16.8. The second-order valence-electron chi connectivity index (χ2n) is 11.9. The third kappa shape index (κ3) is 17.6. The predicted octanol–water partition coefficient (Wildman–Crippen LogP) is 11.3. The van der Waals surface area contributed by atoms with Crippen LogP contribution in [0.4, 0.5) is 0 Å². The summed E-state index contributed by atoms with van der Waals surface area (Å²) in [5, 5.41) is 0. The van der Waals surface area contributed by atoms with Crippen LogP contribution in [0.5, 0.6) is 0 Å². The van der Waals surface area contributed by atoms with Crippen molar-refractivity contribution in [3.63, 3.8) is 0 Å². The van der Waals surface area contributed by atoms with Crippen molar-refractivity contribution in [3.05, 3.63) is 18.2 Å². The van der Waals surface area contributed by atoms with E-state index in [0.29, 0.717) is 6.04 Å². The summed E-state index contributed by atoms with van der Waals surface area (Å²) < 4.78 is 5.10. The van der Waals surface area contributed by atoms with Crippen molar-refractivity contribution in [3.8, 4) is 0 Å². The second kappa shape index (κ2) is 24.5. The van der Waals surface area contributed by atoms with Crippen LogP contribution < -0.4 is 4.57 Å². The van der Waals surface area contributed by atoms with Crippen LogP contribution >= 0.6 is 0 Å². The number of aryl methyl sites for hydroxylation is 1. The standard InChI is InChI=1S/C34H67N2/c1-5-7-9-11-13-15-16-17-18-19-20-21-23-25-27-29-34-35(31-32-36(34)33(3)4)30-28-26-24-22-14-12-10-8-6-2/h31-33H,5-30H2,1-4H3/q+1. The normalized spacial score (nSPS) is 11.7. The molecule has 0 fully saturated rings. The first-order chi connectivity index (χ1) is 17.7. The molecule has 0 spiro atoms. The molecular formula is C34H67N2+. The van der Waals surface area contributed by atoms with Gasteiger partial charge in [0.2, 0.25) is 0 Å². The molecule has 2 nitrogen and oxygen atoms in total. The summed E-state index contributed by atoms with van der Waals surface area (Å²) in [6, 6.07) is 0.570. The van der Waals surface area contributed by atoms with Crippen LogP contribution in [0.1, 0.15) is 194 Å². The van der Waals surface area contributed by atoms with E-state index in [2.05, 4.69) is 49.2 Å². The summed E-state index contributed by atoms with van der Waals surface area (Å²) >= 11 is 0. The number of unbranched alkanes of at least 4 members (excludes halogenated alkanes) is 22. The lowest BCUT2D eigenvalue weighted by Gasteiger charge is -2.08. The van der Waals surface area contributed by atoms with Crippen molar-refractivity contribution in [2.75, 3.05) is 0 Å². The van der Waals surface area contributed by atoms with E-state index in [1.807, 2.05) is 0 Å². The van der Waals surface area contributed by atoms with Crippen molar-refractivity contribution in [1.29, 1.82) is 0 Å². The molecule has 0 amide bonds. The third-order valence-corrected chi connectivity index (χ3v) is 8.10. The van der Waals surface area contributed by atoms with Crippen LogP contribution in [-0.4, -0.2) is 4.57 Å². The number of hydrogen-bond donors (Lipinski definition) is 0. The fraction of sp³-hybridized carbons (Fsp3) is 0.912. The molecule has 1 rings (SSSR count). The SMILES string of the molecule is CCCCCCCCCCCCCCCCCc1n(C(C)C)cc[n+]1CCCCCCCCCCC. The van der Waals surface area contributed by atoms with Crippen LogP contribution in [0.25, 0.3) is 0 Å². The summed E-state index contributed by atoms with van der Waals surface area (Å²) in [4.78, 5) is 0. The van der Waals surface area contributed by atoms with E-state index in [-0.39, 0.29) is 0 Å². The van der Waals surface area contributed by atoms with E-state index >= 15 is 0 Å². The van der Waals surface area contributed by atoms with Gasteiger partial charge in [-0.25, -0.2) is 9.13 Å². The number of hydrogen-bond acceptors (Lipinski definition) is 0. The fourth-order valence-corrected chi connectivity index (χ4v) is 5.67. The second-order valence-corrected chi connectivity index (χ2v) is 11.9. The summed E-state index contributed by atoms with van der Waals surface area (Å²) in [5.41, 5.74) is 0. The van der Waals surface area contributed by atoms with E-state index in [0.717, 1.165) is 0 Å². The van der Waals surface area contributed by atoms with Crippen molar-refractivity contribution in [2.45, 2.75) is 201 Å². The lowest BCUT2D eigenvalue weighted by Crippen LogP contribution is -2.37. The number of rotatable bonds is 27. The van der Waals surface area contributed by atoms with E-state index in [4.69, 9.17) is 0 Å². The summed E-state index contributed by atoms with van der Waals surface area (Å²) in [5.74, 6) is 1.57. The molecule has 0 saturated heterocycles. The minimum atomic E-state index is 0.570. The quantitative estimate of drug-likeness (QED) is 0.0833. The van der Waals surface area contributed by atoms with E-state index in [1.54, 1.807) is 5.82 Å². The van der Waals surface area contributed by atoms with Crippen LogP contribution in [0, 0.1) is 0 Å². The van der Waals surface area contributed by atoms with Gasteiger partial charge in [-0.05, 0) is 33.1 Å². The van der Waals surface area contributed by atoms with Gasteiger partial charge in [-0.1, -0.05) is 149 Å². The molecular weight excluding hydrogens is 436 g/mol. The topological polar surface area (TPSA) is 8.81 Å². The van der Waals surface area contributed by atoms with Gasteiger partial charge >= 0.3 is 0 Å². The summed E-state index contributed by atoms with van der Waals surface area (Å²) in [6.07, 6.45) is 40.3. The maximum absolute atomic E-state index is 2.57. The molecule has 1 heterocycles. The van der Waals surface area contributed by atoms with E-state index < -0.39 is 0 Å². The smallest absolute Gasteiger partial charge is 0.234 e. The Kier molecular flexibility index (Phi) is 22.7. The minimum Gasteiger partial charge on any atom is -0.234 e. The van der Waals surface area contributed by atoms with Gasteiger partial charge in [0.15, 0.2) is 0 Å². The monoisotopic (exact) mass is 504 g/mol. The van der Waals surface area contributed by atoms with Gasteiger partial charge in [0.1, 0.15) is 12.4 Å². The predicted molar refractivity (Wildman–Crippen MR) is 161 cm³/mol. The highest BCUT2D eigenvalue weighted by molar-refractivity contribution is 4.86. The lowest BCUT2D eigenvalue weighted by molar-refractivity contribution is -0.704. The highest BCUT2D eigenvalue weighted by Crippen LogP contribution is 2.15.